The molecule has 0 radical (unpaired) electrons. The molecule has 0 saturated heterocycles. The van der Waals surface area contributed by atoms with E-state index in [0.29, 0.717) is 19.3 Å². The van der Waals surface area contributed by atoms with Crippen molar-refractivity contribution in [3.8, 4) is 0 Å². The lowest BCUT2D eigenvalue weighted by Crippen LogP contribution is -2.46. The maximum absolute atomic E-state index is 13.3. The van der Waals surface area contributed by atoms with Gasteiger partial charge < -0.3 is 20.3 Å². The van der Waals surface area contributed by atoms with Gasteiger partial charge in [0, 0.05) is 6.42 Å². The van der Waals surface area contributed by atoms with Gasteiger partial charge in [0.2, 0.25) is 5.91 Å². The Morgan fingerprint density at radius 1 is 0.469 bits per heavy atom. The lowest BCUT2D eigenvalue weighted by atomic mass is 10.0. The van der Waals surface area contributed by atoms with Crippen molar-refractivity contribution in [2.75, 3.05) is 6.61 Å². The third kappa shape index (κ3) is 46.6. The predicted octanol–water partition coefficient (Wildman–Crippen LogP) is 17.2. The quantitative estimate of drug-likeness (QED) is 0.0321. The number of ether oxygens (including phenoxy) is 1. The molecule has 6 nitrogen and oxygen atoms in total. The van der Waals surface area contributed by atoms with E-state index in [9.17, 15) is 19.8 Å². The highest BCUT2D eigenvalue weighted by Gasteiger charge is 2.24. The van der Waals surface area contributed by atoms with Gasteiger partial charge in [-0.2, -0.15) is 0 Å². The Kier molecular flexibility index (Phi) is 50.5. The van der Waals surface area contributed by atoms with E-state index in [1.807, 2.05) is 0 Å². The molecule has 0 saturated carbocycles. The number of aliphatic hydroxyl groups is 2. The zero-order valence-corrected chi connectivity index (χ0v) is 42.9. The predicted molar refractivity (Wildman–Crippen MR) is 278 cm³/mol. The van der Waals surface area contributed by atoms with Gasteiger partial charge >= 0.3 is 5.97 Å². The number of unbranched alkanes of at least 4 members (excludes halogenated alkanes) is 35. The molecule has 0 rings (SSSR count). The Morgan fingerprint density at radius 2 is 0.844 bits per heavy atom. The molecular formula is C58H109NO5. The summed E-state index contributed by atoms with van der Waals surface area (Å²) in [6, 6.07) is -0.701. The summed E-state index contributed by atoms with van der Waals surface area (Å²) in [5, 5.41) is 23.9. The summed E-state index contributed by atoms with van der Waals surface area (Å²) in [6.45, 7) is 6.39. The van der Waals surface area contributed by atoms with Crippen LogP contribution in [0.25, 0.3) is 0 Å². The minimum atomic E-state index is -0.787. The number of esters is 1. The van der Waals surface area contributed by atoms with E-state index < -0.39 is 18.2 Å². The van der Waals surface area contributed by atoms with Crippen molar-refractivity contribution in [1.29, 1.82) is 0 Å². The van der Waals surface area contributed by atoms with E-state index in [-0.39, 0.29) is 24.9 Å². The number of aliphatic hydroxyl groups excluding tert-OH is 2. The summed E-state index contributed by atoms with van der Waals surface area (Å²) in [5.74, 6) is -0.471. The van der Waals surface area contributed by atoms with Gasteiger partial charge in [0.05, 0.1) is 25.2 Å². The highest BCUT2D eigenvalue weighted by atomic mass is 16.5. The minimum Gasteiger partial charge on any atom is -0.462 e. The highest BCUT2D eigenvalue weighted by molar-refractivity contribution is 5.77. The molecular weight excluding hydrogens is 791 g/mol. The van der Waals surface area contributed by atoms with Crippen molar-refractivity contribution in [2.45, 2.75) is 315 Å². The van der Waals surface area contributed by atoms with Crippen molar-refractivity contribution in [2.24, 2.45) is 0 Å². The number of carbonyl (C=O) groups excluding carboxylic acids is 2. The molecule has 0 aromatic rings. The zero-order chi connectivity index (χ0) is 46.7. The van der Waals surface area contributed by atoms with Crippen molar-refractivity contribution in [3.63, 3.8) is 0 Å². The Balaban J connectivity index is 4.55. The molecule has 0 aliphatic rings. The summed E-state index contributed by atoms with van der Waals surface area (Å²) >= 11 is 0. The van der Waals surface area contributed by atoms with Crippen LogP contribution in [0.5, 0.6) is 0 Å². The van der Waals surface area contributed by atoms with E-state index >= 15 is 0 Å². The number of carbonyl (C=O) groups is 2. The van der Waals surface area contributed by atoms with Crippen LogP contribution in [0.15, 0.2) is 36.5 Å². The molecule has 64 heavy (non-hydrogen) atoms. The fourth-order valence-electron chi connectivity index (χ4n) is 8.79. The fourth-order valence-corrected chi connectivity index (χ4v) is 8.79. The smallest absolute Gasteiger partial charge is 0.306 e. The monoisotopic (exact) mass is 900 g/mol. The largest absolute Gasteiger partial charge is 0.462 e. The van der Waals surface area contributed by atoms with Gasteiger partial charge in [0.25, 0.3) is 0 Å². The highest BCUT2D eigenvalue weighted by Crippen LogP contribution is 2.19. The second-order valence-corrected chi connectivity index (χ2v) is 19.4. The first-order valence-corrected chi connectivity index (χ1v) is 28.2. The lowest BCUT2D eigenvalue weighted by molar-refractivity contribution is -0.151. The van der Waals surface area contributed by atoms with Crippen LogP contribution in [-0.4, -0.2) is 46.9 Å². The minimum absolute atomic E-state index is 0.0773. The van der Waals surface area contributed by atoms with Crippen molar-refractivity contribution in [1.82, 2.24) is 5.32 Å². The second-order valence-electron chi connectivity index (χ2n) is 19.4. The van der Waals surface area contributed by atoms with Crippen LogP contribution in [0.1, 0.15) is 297 Å². The van der Waals surface area contributed by atoms with Crippen molar-refractivity contribution >= 4 is 11.9 Å². The van der Waals surface area contributed by atoms with Gasteiger partial charge in [-0.05, 0) is 44.9 Å². The van der Waals surface area contributed by atoms with Gasteiger partial charge in [0.1, 0.15) is 6.10 Å². The van der Waals surface area contributed by atoms with Gasteiger partial charge in [-0.3, -0.25) is 9.59 Å². The first-order chi connectivity index (χ1) is 31.5. The number of rotatable bonds is 51. The maximum atomic E-state index is 13.3. The topological polar surface area (TPSA) is 95.9 Å². The first-order valence-electron chi connectivity index (χ1n) is 28.2. The summed E-state index contributed by atoms with van der Waals surface area (Å²) in [5.41, 5.74) is 0. The number of amides is 1. The van der Waals surface area contributed by atoms with Gasteiger partial charge in [-0.25, -0.2) is 0 Å². The molecule has 376 valence electrons. The van der Waals surface area contributed by atoms with Crippen LogP contribution >= 0.6 is 0 Å². The average molecular weight is 901 g/mol. The van der Waals surface area contributed by atoms with E-state index in [0.717, 1.165) is 57.8 Å². The molecule has 0 spiro atoms. The fraction of sp³-hybridized carbons (Fsp3) is 0.862. The van der Waals surface area contributed by atoms with E-state index in [1.165, 1.54) is 193 Å². The summed E-state index contributed by atoms with van der Waals surface area (Å²) < 4.78 is 5.96. The Hall–Kier alpha value is -1.92. The van der Waals surface area contributed by atoms with Crippen molar-refractivity contribution in [3.05, 3.63) is 36.5 Å². The van der Waals surface area contributed by atoms with E-state index in [1.54, 1.807) is 0 Å². The van der Waals surface area contributed by atoms with Crippen LogP contribution in [0.2, 0.25) is 0 Å². The van der Waals surface area contributed by atoms with Crippen LogP contribution in [0.4, 0.5) is 0 Å². The Labute approximate surface area is 398 Å². The number of hydrogen-bond acceptors (Lipinski definition) is 5. The molecule has 0 fully saturated rings. The number of nitrogens with one attached hydrogen (secondary N) is 1. The number of hydrogen-bond donors (Lipinski definition) is 3. The standard InChI is InChI=1S/C58H109NO5/c1-4-7-10-13-16-19-22-25-28-30-31-34-37-40-43-46-49-54(64-58(63)51-48-45-42-39-36-33-29-26-23-20-17-14-11-8-5-2)52-57(62)59-55(53-60)56(61)50-47-44-41-38-35-32-27-24-21-18-15-12-9-6-3/h8,11,14,17,20,23,54-56,60-61H,4-7,9-10,12-13,15-16,18-19,21-22,24-53H2,1-3H3,(H,59,62)/b11-8+,17-14+,23-20+. The molecule has 3 N–H and O–H groups in total. The van der Waals surface area contributed by atoms with Crippen LogP contribution in [-0.2, 0) is 14.3 Å². The molecule has 6 heteroatoms. The molecule has 0 aromatic heterocycles. The van der Waals surface area contributed by atoms with Crippen molar-refractivity contribution < 1.29 is 24.5 Å². The Morgan fingerprint density at radius 3 is 1.27 bits per heavy atom. The molecule has 0 aliphatic carbocycles. The second kappa shape index (κ2) is 52.1. The summed E-state index contributed by atoms with van der Waals surface area (Å²) in [6.07, 6.45) is 62.0. The third-order valence-corrected chi connectivity index (χ3v) is 13.0. The molecule has 0 aromatic carbocycles. The van der Waals surface area contributed by atoms with Crippen LogP contribution in [0, 0.1) is 0 Å². The summed E-state index contributed by atoms with van der Waals surface area (Å²) in [4.78, 5) is 26.2. The number of allylic oxidation sites excluding steroid dienone is 6. The van der Waals surface area contributed by atoms with E-state index in [2.05, 4.69) is 62.5 Å². The van der Waals surface area contributed by atoms with Gasteiger partial charge in [-0.15, -0.1) is 0 Å². The molecule has 0 heterocycles. The SMILES string of the molecule is CC/C=C/C=C/C=C/CCCCCCCCCC(=O)OC(CCCCCCCCCCCCCCCCCC)CC(=O)NC(CO)C(O)CCCCCCCCCCCCCCCC. The van der Waals surface area contributed by atoms with Crippen LogP contribution in [0.3, 0.4) is 0 Å². The molecule has 0 bridgehead atoms. The molecule has 1 amide bonds. The van der Waals surface area contributed by atoms with Gasteiger partial charge in [0.15, 0.2) is 0 Å². The van der Waals surface area contributed by atoms with Crippen LogP contribution < -0.4 is 5.32 Å². The molecule has 0 aliphatic heterocycles. The summed E-state index contributed by atoms with van der Waals surface area (Å²) in [7, 11) is 0. The molecule has 3 atom stereocenters. The lowest BCUT2D eigenvalue weighted by Gasteiger charge is -2.24. The maximum Gasteiger partial charge on any atom is 0.306 e. The normalized spacial score (nSPS) is 13.4. The average Bonchev–Trinajstić information content (AvgIpc) is 3.29. The third-order valence-electron chi connectivity index (χ3n) is 13.0. The van der Waals surface area contributed by atoms with Gasteiger partial charge in [-0.1, -0.05) is 276 Å². The zero-order valence-electron chi connectivity index (χ0n) is 42.9. The first kappa shape index (κ1) is 62.1. The molecule has 3 unspecified atom stereocenters. The Bertz CT molecular complexity index is 1060. The van der Waals surface area contributed by atoms with E-state index in [4.69, 9.17) is 4.74 Å².